The first kappa shape index (κ1) is 26.7. The van der Waals surface area contributed by atoms with Crippen LogP contribution < -0.4 is 9.62 Å². The van der Waals surface area contributed by atoms with Crippen LogP contribution in [0.15, 0.2) is 48.5 Å². The first-order chi connectivity index (χ1) is 16.0. The minimum absolute atomic E-state index is 0.109. The van der Waals surface area contributed by atoms with E-state index in [-0.39, 0.29) is 18.5 Å². The molecule has 0 spiro atoms. The number of nitrogens with zero attached hydrogens (tertiary/aromatic N) is 2. The Labute approximate surface area is 220 Å². The van der Waals surface area contributed by atoms with Gasteiger partial charge in [-0.15, -0.1) is 0 Å². The summed E-state index contributed by atoms with van der Waals surface area (Å²) in [6.07, 6.45) is 5.06. The van der Waals surface area contributed by atoms with Crippen LogP contribution in [0.5, 0.6) is 0 Å². The number of hydrogen-bond acceptors (Lipinski definition) is 4. The largest absolute Gasteiger partial charge is 0.352 e. The third-order valence-electron chi connectivity index (χ3n) is 5.90. The summed E-state index contributed by atoms with van der Waals surface area (Å²) in [4.78, 5) is 28.0. The molecular formula is C24H29ClIN3O4S. The summed E-state index contributed by atoms with van der Waals surface area (Å²) >= 11 is 8.26. The maximum atomic E-state index is 13.5. The van der Waals surface area contributed by atoms with Crippen LogP contribution in [-0.4, -0.2) is 50.0 Å². The Morgan fingerprint density at radius 1 is 1.15 bits per heavy atom. The fourth-order valence-electron chi connectivity index (χ4n) is 4.03. The van der Waals surface area contributed by atoms with Crippen LogP contribution in [0.3, 0.4) is 0 Å². The molecule has 0 unspecified atom stereocenters. The zero-order chi connectivity index (χ0) is 24.9. The molecule has 2 aromatic rings. The number of hydrogen-bond donors (Lipinski definition) is 1. The lowest BCUT2D eigenvalue weighted by molar-refractivity contribution is -0.139. The predicted molar refractivity (Wildman–Crippen MR) is 143 cm³/mol. The summed E-state index contributed by atoms with van der Waals surface area (Å²) in [6, 6.07) is 13.3. The number of anilines is 1. The second kappa shape index (κ2) is 11.7. The number of rotatable bonds is 9. The molecule has 0 saturated heterocycles. The Hall–Kier alpha value is -1.85. The van der Waals surface area contributed by atoms with E-state index in [1.54, 1.807) is 49.4 Å². The lowest BCUT2D eigenvalue weighted by Crippen LogP contribution is -2.52. The topological polar surface area (TPSA) is 86.8 Å². The highest BCUT2D eigenvalue weighted by Crippen LogP contribution is 2.22. The van der Waals surface area contributed by atoms with Crippen molar-refractivity contribution in [2.24, 2.45) is 0 Å². The van der Waals surface area contributed by atoms with E-state index < -0.39 is 28.5 Å². The molecule has 0 bridgehead atoms. The van der Waals surface area contributed by atoms with Gasteiger partial charge in [0.2, 0.25) is 21.8 Å². The average Bonchev–Trinajstić information content (AvgIpc) is 3.28. The van der Waals surface area contributed by atoms with Crippen LogP contribution in [0.2, 0.25) is 5.02 Å². The lowest BCUT2D eigenvalue weighted by atomic mass is 10.1. The van der Waals surface area contributed by atoms with E-state index in [0.717, 1.165) is 45.4 Å². The summed E-state index contributed by atoms with van der Waals surface area (Å²) in [5, 5.41) is 3.56. The number of sulfonamides is 1. The van der Waals surface area contributed by atoms with Crippen LogP contribution in [-0.2, 0) is 26.2 Å². The fourth-order valence-corrected chi connectivity index (χ4v) is 5.45. The molecule has 2 aromatic carbocycles. The standard InChI is InChI=1S/C24H29ClIN3O4S/c1-17(24(31)27-21-8-3-4-9-21)28(15-18-6-5-7-19(25)14-18)23(30)16-29(34(2,32)33)22-12-10-20(26)11-13-22/h5-7,10-14,17,21H,3-4,8-9,15-16H2,1-2H3,(H,27,31)/t17-/m0/s1. The van der Waals surface area contributed by atoms with E-state index in [1.807, 2.05) is 6.07 Å². The molecule has 3 rings (SSSR count). The summed E-state index contributed by atoms with van der Waals surface area (Å²) < 4.78 is 27.1. The van der Waals surface area contributed by atoms with Crippen LogP contribution in [0, 0.1) is 3.57 Å². The van der Waals surface area contributed by atoms with Gasteiger partial charge in [0.1, 0.15) is 12.6 Å². The van der Waals surface area contributed by atoms with E-state index in [1.165, 1.54) is 4.90 Å². The molecule has 1 aliphatic rings. The Morgan fingerprint density at radius 3 is 2.38 bits per heavy atom. The van der Waals surface area contributed by atoms with Gasteiger partial charge in [0, 0.05) is 21.2 Å². The van der Waals surface area contributed by atoms with Crippen LogP contribution in [0.4, 0.5) is 5.69 Å². The zero-order valence-corrected chi connectivity index (χ0v) is 22.9. The van der Waals surface area contributed by atoms with Crippen molar-refractivity contribution in [2.75, 3.05) is 17.1 Å². The van der Waals surface area contributed by atoms with Gasteiger partial charge in [-0.1, -0.05) is 36.6 Å². The average molecular weight is 618 g/mol. The zero-order valence-electron chi connectivity index (χ0n) is 19.2. The molecule has 34 heavy (non-hydrogen) atoms. The molecule has 1 N–H and O–H groups in total. The predicted octanol–water partition coefficient (Wildman–Crippen LogP) is 4.19. The Kier molecular flexibility index (Phi) is 9.22. The minimum Gasteiger partial charge on any atom is -0.352 e. The van der Waals surface area contributed by atoms with E-state index in [9.17, 15) is 18.0 Å². The van der Waals surface area contributed by atoms with Gasteiger partial charge in [-0.25, -0.2) is 8.42 Å². The third-order valence-corrected chi connectivity index (χ3v) is 8.00. The van der Waals surface area contributed by atoms with Crippen molar-refractivity contribution in [2.45, 2.75) is 51.2 Å². The molecule has 0 heterocycles. The number of nitrogens with one attached hydrogen (secondary N) is 1. The maximum absolute atomic E-state index is 13.5. The smallest absolute Gasteiger partial charge is 0.244 e. The van der Waals surface area contributed by atoms with Crippen LogP contribution >= 0.6 is 34.2 Å². The number of benzene rings is 2. The number of amides is 2. The van der Waals surface area contributed by atoms with Crippen molar-refractivity contribution in [1.82, 2.24) is 10.2 Å². The van der Waals surface area contributed by atoms with Crippen LogP contribution in [0.25, 0.3) is 0 Å². The van der Waals surface area contributed by atoms with Gasteiger partial charge in [-0.3, -0.25) is 13.9 Å². The highest BCUT2D eigenvalue weighted by molar-refractivity contribution is 14.1. The molecule has 1 saturated carbocycles. The van der Waals surface area contributed by atoms with Crippen molar-refractivity contribution in [3.8, 4) is 0 Å². The maximum Gasteiger partial charge on any atom is 0.244 e. The van der Waals surface area contributed by atoms with Gasteiger partial charge in [-0.05, 0) is 84.3 Å². The first-order valence-corrected chi connectivity index (χ1v) is 14.4. The SMILES string of the molecule is C[C@@H](C(=O)NC1CCCC1)N(Cc1cccc(Cl)c1)C(=O)CN(c1ccc(I)cc1)S(C)(=O)=O. The normalized spacial score (nSPS) is 15.1. The van der Waals surface area contributed by atoms with Gasteiger partial charge in [0.05, 0.1) is 11.9 Å². The minimum atomic E-state index is -3.74. The van der Waals surface area contributed by atoms with Crippen molar-refractivity contribution in [3.63, 3.8) is 0 Å². The summed E-state index contributed by atoms with van der Waals surface area (Å²) in [6.45, 7) is 1.38. The monoisotopic (exact) mass is 617 g/mol. The molecule has 0 radical (unpaired) electrons. The van der Waals surface area contributed by atoms with Crippen molar-refractivity contribution in [1.29, 1.82) is 0 Å². The van der Waals surface area contributed by atoms with Gasteiger partial charge in [0.15, 0.2) is 0 Å². The Balaban J connectivity index is 1.87. The van der Waals surface area contributed by atoms with Gasteiger partial charge in [-0.2, -0.15) is 0 Å². The molecule has 10 heteroatoms. The molecule has 0 aliphatic heterocycles. The molecule has 2 amide bonds. The Morgan fingerprint density at radius 2 is 1.79 bits per heavy atom. The van der Waals surface area contributed by atoms with Crippen molar-refractivity contribution < 1.29 is 18.0 Å². The second-order valence-electron chi connectivity index (χ2n) is 8.56. The Bertz CT molecular complexity index is 1120. The van der Waals surface area contributed by atoms with E-state index >= 15 is 0 Å². The van der Waals surface area contributed by atoms with E-state index in [4.69, 9.17) is 11.6 Å². The molecule has 1 aliphatic carbocycles. The highest BCUT2D eigenvalue weighted by atomic mass is 127. The summed E-state index contributed by atoms with van der Waals surface area (Å²) in [5.41, 5.74) is 1.14. The second-order valence-corrected chi connectivity index (χ2v) is 12.2. The molecule has 1 fully saturated rings. The number of carbonyl (C=O) groups excluding carboxylic acids is 2. The molecule has 0 aromatic heterocycles. The lowest BCUT2D eigenvalue weighted by Gasteiger charge is -2.32. The van der Waals surface area contributed by atoms with Gasteiger partial charge >= 0.3 is 0 Å². The van der Waals surface area contributed by atoms with Crippen molar-refractivity contribution >= 4 is 61.7 Å². The fraction of sp³-hybridized carbons (Fsp3) is 0.417. The molecular weight excluding hydrogens is 589 g/mol. The first-order valence-electron chi connectivity index (χ1n) is 11.1. The highest BCUT2D eigenvalue weighted by Gasteiger charge is 2.31. The number of halogens is 2. The van der Waals surface area contributed by atoms with E-state index in [0.29, 0.717) is 10.7 Å². The number of carbonyl (C=O) groups is 2. The molecule has 1 atom stereocenters. The van der Waals surface area contributed by atoms with Crippen LogP contribution in [0.1, 0.15) is 38.2 Å². The van der Waals surface area contributed by atoms with Crippen molar-refractivity contribution in [3.05, 3.63) is 62.7 Å². The molecule has 184 valence electrons. The summed E-state index contributed by atoms with van der Waals surface area (Å²) in [5.74, 6) is -0.722. The molecule has 7 nitrogen and oxygen atoms in total. The third kappa shape index (κ3) is 7.32. The van der Waals surface area contributed by atoms with Gasteiger partial charge in [0.25, 0.3) is 0 Å². The van der Waals surface area contributed by atoms with E-state index in [2.05, 4.69) is 27.9 Å². The summed E-state index contributed by atoms with van der Waals surface area (Å²) in [7, 11) is -3.74. The quantitative estimate of drug-likeness (QED) is 0.428. The van der Waals surface area contributed by atoms with Gasteiger partial charge < -0.3 is 10.2 Å².